The molecule has 0 fully saturated rings. The normalized spacial score (nSPS) is 11.9. The first-order chi connectivity index (χ1) is 13.9. The number of aromatic amines is 1. The van der Waals surface area contributed by atoms with Crippen LogP contribution < -0.4 is 0 Å². The van der Waals surface area contributed by atoms with Crippen molar-refractivity contribution in [3.8, 4) is 0 Å². The fraction of sp³-hybridized carbons (Fsp3) is 0. The summed E-state index contributed by atoms with van der Waals surface area (Å²) < 4.78 is 0. The van der Waals surface area contributed by atoms with Crippen LogP contribution in [0.15, 0.2) is 54.6 Å². The van der Waals surface area contributed by atoms with E-state index < -0.39 is 11.9 Å². The quantitative estimate of drug-likeness (QED) is 0.352. The smallest absolute Gasteiger partial charge is 0.352 e. The predicted molar refractivity (Wildman–Crippen MR) is 115 cm³/mol. The standard InChI is InChI=1S/C22H13Cl2NO4/c23-12-8-17(24)19-16(20(22(28)29)25-18(19)9-12)10-15(21(26)27)14-7-3-5-11-4-1-2-6-13(11)14/h1-10,25H,(H,26,27)(H,28,29). The number of H-pyrrole nitrogens is 1. The minimum Gasteiger partial charge on any atom is -0.478 e. The zero-order valence-corrected chi connectivity index (χ0v) is 16.3. The highest BCUT2D eigenvalue weighted by Crippen LogP contribution is 2.36. The molecule has 0 saturated carbocycles. The second kappa shape index (κ2) is 7.28. The molecule has 0 atom stereocenters. The van der Waals surface area contributed by atoms with E-state index in [1.54, 1.807) is 18.2 Å². The maximum Gasteiger partial charge on any atom is 0.352 e. The van der Waals surface area contributed by atoms with E-state index in [9.17, 15) is 19.8 Å². The van der Waals surface area contributed by atoms with E-state index in [2.05, 4.69) is 4.98 Å². The molecular weight excluding hydrogens is 413 g/mol. The highest BCUT2D eigenvalue weighted by molar-refractivity contribution is 6.39. The van der Waals surface area contributed by atoms with Crippen LogP contribution in [0.2, 0.25) is 10.0 Å². The van der Waals surface area contributed by atoms with Gasteiger partial charge < -0.3 is 15.2 Å². The number of nitrogens with one attached hydrogen (secondary N) is 1. The third-order valence-corrected chi connectivity index (χ3v) is 5.18. The van der Waals surface area contributed by atoms with Crippen LogP contribution in [0.4, 0.5) is 0 Å². The predicted octanol–water partition coefficient (Wildman–Crippen LogP) is 5.95. The minimum atomic E-state index is -1.23. The number of aliphatic carboxylic acids is 1. The third kappa shape index (κ3) is 3.35. The number of carboxylic acids is 2. The topological polar surface area (TPSA) is 90.4 Å². The lowest BCUT2D eigenvalue weighted by Crippen LogP contribution is -2.03. The Balaban J connectivity index is 2.07. The van der Waals surface area contributed by atoms with E-state index in [-0.39, 0.29) is 21.9 Å². The summed E-state index contributed by atoms with van der Waals surface area (Å²) in [5.74, 6) is -2.42. The van der Waals surface area contributed by atoms with Crippen LogP contribution in [0.5, 0.6) is 0 Å². The van der Waals surface area contributed by atoms with Gasteiger partial charge >= 0.3 is 11.9 Å². The first-order valence-corrected chi connectivity index (χ1v) is 9.29. The van der Waals surface area contributed by atoms with E-state index >= 15 is 0 Å². The van der Waals surface area contributed by atoms with E-state index in [0.29, 0.717) is 21.5 Å². The molecule has 0 aliphatic carbocycles. The Labute approximate surface area is 174 Å². The van der Waals surface area contributed by atoms with E-state index in [1.807, 2.05) is 30.3 Å². The Morgan fingerprint density at radius 3 is 2.41 bits per heavy atom. The van der Waals surface area contributed by atoms with Crippen molar-refractivity contribution < 1.29 is 19.8 Å². The second-order valence-electron chi connectivity index (χ2n) is 6.42. The van der Waals surface area contributed by atoms with Crippen molar-refractivity contribution in [3.63, 3.8) is 0 Å². The Morgan fingerprint density at radius 2 is 1.69 bits per heavy atom. The maximum absolute atomic E-state index is 12.1. The average molecular weight is 426 g/mol. The fourth-order valence-electron chi connectivity index (χ4n) is 3.45. The molecule has 0 spiro atoms. The maximum atomic E-state index is 12.1. The Kier molecular flexibility index (Phi) is 4.78. The van der Waals surface area contributed by atoms with Gasteiger partial charge in [-0.3, -0.25) is 0 Å². The summed E-state index contributed by atoms with van der Waals surface area (Å²) in [6.07, 6.45) is 1.34. The van der Waals surface area contributed by atoms with Crippen LogP contribution in [0.3, 0.4) is 0 Å². The number of aromatic carboxylic acids is 1. The summed E-state index contributed by atoms with van der Waals surface area (Å²) in [6.45, 7) is 0. The molecule has 0 aliphatic heterocycles. The van der Waals surface area contributed by atoms with Gasteiger partial charge in [0.05, 0.1) is 10.6 Å². The second-order valence-corrected chi connectivity index (χ2v) is 7.26. The minimum absolute atomic E-state index is 0.0452. The summed E-state index contributed by atoms with van der Waals surface area (Å²) >= 11 is 12.3. The third-order valence-electron chi connectivity index (χ3n) is 4.67. The van der Waals surface area contributed by atoms with Gasteiger partial charge in [-0.25, -0.2) is 9.59 Å². The number of fused-ring (bicyclic) bond motifs is 2. The van der Waals surface area contributed by atoms with Crippen LogP contribution in [0.25, 0.3) is 33.3 Å². The first-order valence-electron chi connectivity index (χ1n) is 8.54. The molecule has 4 rings (SSSR count). The lowest BCUT2D eigenvalue weighted by molar-refractivity contribution is -0.130. The summed E-state index contributed by atoms with van der Waals surface area (Å²) in [7, 11) is 0. The molecule has 3 N–H and O–H groups in total. The number of carboxylic acid groups (broad SMARTS) is 2. The van der Waals surface area contributed by atoms with E-state index in [4.69, 9.17) is 23.2 Å². The lowest BCUT2D eigenvalue weighted by atomic mass is 9.96. The first kappa shape index (κ1) is 19.1. The van der Waals surface area contributed by atoms with Crippen molar-refractivity contribution >= 4 is 68.5 Å². The van der Waals surface area contributed by atoms with E-state index in [1.165, 1.54) is 12.1 Å². The molecule has 0 amide bonds. The molecule has 144 valence electrons. The molecular formula is C22H13Cl2NO4. The zero-order valence-electron chi connectivity index (χ0n) is 14.7. The van der Waals surface area contributed by atoms with Gasteiger partial charge in [-0.05, 0) is 34.5 Å². The van der Waals surface area contributed by atoms with Gasteiger partial charge in [-0.2, -0.15) is 0 Å². The average Bonchev–Trinajstić information content (AvgIpc) is 3.04. The summed E-state index contributed by atoms with van der Waals surface area (Å²) in [6, 6.07) is 15.7. The van der Waals surface area contributed by atoms with Gasteiger partial charge in [-0.1, -0.05) is 65.7 Å². The molecule has 0 saturated heterocycles. The molecule has 4 aromatic rings. The fourth-order valence-corrected chi connectivity index (χ4v) is 4.04. The van der Waals surface area contributed by atoms with Crippen LogP contribution >= 0.6 is 23.2 Å². The van der Waals surface area contributed by atoms with Crippen LogP contribution in [-0.2, 0) is 4.79 Å². The molecule has 3 aromatic carbocycles. The number of aromatic nitrogens is 1. The molecule has 0 radical (unpaired) electrons. The zero-order chi connectivity index (χ0) is 20.7. The van der Waals surface area contributed by atoms with Gasteiger partial charge in [0.2, 0.25) is 0 Å². The largest absolute Gasteiger partial charge is 0.478 e. The summed E-state index contributed by atoms with van der Waals surface area (Å²) in [4.78, 5) is 26.7. The summed E-state index contributed by atoms with van der Waals surface area (Å²) in [5, 5.41) is 22.1. The lowest BCUT2D eigenvalue weighted by Gasteiger charge is -2.08. The highest BCUT2D eigenvalue weighted by Gasteiger charge is 2.21. The van der Waals surface area contributed by atoms with Gasteiger partial charge in [0.1, 0.15) is 5.69 Å². The van der Waals surface area contributed by atoms with Gasteiger partial charge in [0, 0.05) is 21.5 Å². The molecule has 7 heteroatoms. The van der Waals surface area contributed by atoms with Gasteiger partial charge in [0.25, 0.3) is 0 Å². The molecule has 1 heterocycles. The molecule has 0 aliphatic rings. The number of hydrogen-bond donors (Lipinski definition) is 3. The number of rotatable bonds is 4. The van der Waals surface area contributed by atoms with Crippen molar-refractivity contribution in [2.24, 2.45) is 0 Å². The number of hydrogen-bond acceptors (Lipinski definition) is 2. The van der Waals surface area contributed by atoms with Crippen LogP contribution in [0, 0.1) is 0 Å². The Morgan fingerprint density at radius 1 is 0.966 bits per heavy atom. The monoisotopic (exact) mass is 425 g/mol. The highest BCUT2D eigenvalue weighted by atomic mass is 35.5. The number of halogens is 2. The summed E-state index contributed by atoms with van der Waals surface area (Å²) in [5.41, 5.74) is 0.860. The van der Waals surface area contributed by atoms with Gasteiger partial charge in [-0.15, -0.1) is 0 Å². The van der Waals surface area contributed by atoms with Crippen molar-refractivity contribution in [2.75, 3.05) is 0 Å². The Hall–Kier alpha value is -3.28. The van der Waals surface area contributed by atoms with Crippen molar-refractivity contribution in [1.29, 1.82) is 0 Å². The van der Waals surface area contributed by atoms with E-state index in [0.717, 1.165) is 10.8 Å². The van der Waals surface area contributed by atoms with Crippen LogP contribution in [-0.4, -0.2) is 27.1 Å². The molecule has 29 heavy (non-hydrogen) atoms. The van der Waals surface area contributed by atoms with Crippen LogP contribution in [0.1, 0.15) is 21.6 Å². The Bertz CT molecular complexity index is 1330. The molecule has 0 unspecified atom stereocenters. The van der Waals surface area contributed by atoms with Crippen molar-refractivity contribution in [3.05, 3.63) is 81.5 Å². The molecule has 1 aromatic heterocycles. The molecule has 0 bridgehead atoms. The van der Waals surface area contributed by atoms with Crippen molar-refractivity contribution in [1.82, 2.24) is 4.98 Å². The number of carbonyl (C=O) groups is 2. The van der Waals surface area contributed by atoms with Gasteiger partial charge in [0.15, 0.2) is 0 Å². The van der Waals surface area contributed by atoms with Crippen molar-refractivity contribution in [2.45, 2.75) is 0 Å². The SMILES string of the molecule is O=C(O)C(=Cc1c(C(=O)O)[nH]c2cc(Cl)cc(Cl)c12)c1cccc2ccccc12. The molecule has 5 nitrogen and oxygen atoms in total. The number of benzene rings is 3.